The zero-order valence-corrected chi connectivity index (χ0v) is 10.2. The number of thioether (sulfide) groups is 1. The highest BCUT2D eigenvalue weighted by atomic mass is 32.2. The Morgan fingerprint density at radius 2 is 1.79 bits per heavy atom. The van der Waals surface area contributed by atoms with E-state index in [-0.39, 0.29) is 5.03 Å². The Kier molecular flexibility index (Phi) is 4.67. The fourth-order valence-corrected chi connectivity index (χ4v) is 1.85. The van der Waals surface area contributed by atoms with Gasteiger partial charge < -0.3 is 16.3 Å². The zero-order valence-electron chi connectivity index (χ0n) is 9.36. The highest BCUT2D eigenvalue weighted by Crippen LogP contribution is 2.32. The van der Waals surface area contributed by atoms with Gasteiger partial charge in [0.1, 0.15) is 10.7 Å². The Labute approximate surface area is 110 Å². The molecule has 6 N–H and O–H groups in total. The Morgan fingerprint density at radius 3 is 2.16 bits per heavy atom. The molecule has 0 atom stereocenters. The van der Waals surface area contributed by atoms with Crippen molar-refractivity contribution in [1.29, 1.82) is 0 Å². The molecule has 0 amide bonds. The molecule has 0 saturated carbocycles. The number of hydrazine groups is 1. The van der Waals surface area contributed by atoms with Crippen LogP contribution in [-0.2, 0) is 11.0 Å². The van der Waals surface area contributed by atoms with Crippen LogP contribution in [0.25, 0.3) is 0 Å². The van der Waals surface area contributed by atoms with Gasteiger partial charge in [-0.1, -0.05) is 11.8 Å². The van der Waals surface area contributed by atoms with Crippen molar-refractivity contribution in [1.82, 2.24) is 5.43 Å². The summed E-state index contributed by atoms with van der Waals surface area (Å²) >= 11 is 0.815. The fraction of sp³-hybridized carbons (Fsp3) is 0.100. The molecule has 0 spiro atoms. The molecule has 9 heteroatoms. The van der Waals surface area contributed by atoms with E-state index in [2.05, 4.69) is 5.43 Å². The summed E-state index contributed by atoms with van der Waals surface area (Å²) in [4.78, 5) is 11.0. The first-order valence-corrected chi connectivity index (χ1v) is 5.62. The molecule has 0 radical (unpaired) electrons. The monoisotopic (exact) mass is 293 g/mol. The molecule has 0 saturated heterocycles. The van der Waals surface area contributed by atoms with E-state index in [1.165, 1.54) is 12.1 Å². The molecule has 5 nitrogen and oxygen atoms in total. The summed E-state index contributed by atoms with van der Waals surface area (Å²) in [5, 5.41) is 8.61. The fourth-order valence-electron chi connectivity index (χ4n) is 1.09. The van der Waals surface area contributed by atoms with Gasteiger partial charge in [0.25, 0.3) is 0 Å². The lowest BCUT2D eigenvalue weighted by atomic mass is 10.2. The minimum absolute atomic E-state index is 0.0627. The largest absolute Gasteiger partial charge is 0.477 e. The molecule has 0 aliphatic rings. The number of benzene rings is 1. The molecule has 1 rings (SSSR count). The maximum atomic E-state index is 12.3. The van der Waals surface area contributed by atoms with Crippen molar-refractivity contribution < 1.29 is 23.1 Å². The van der Waals surface area contributed by atoms with Gasteiger partial charge in [-0.3, -0.25) is 0 Å². The highest BCUT2D eigenvalue weighted by molar-refractivity contribution is 8.03. The quantitative estimate of drug-likeness (QED) is 0.290. The molecule has 0 aliphatic carbocycles. The topological polar surface area (TPSA) is 101 Å². The average molecular weight is 293 g/mol. The summed E-state index contributed by atoms with van der Waals surface area (Å²) in [6, 6.07) is 4.15. The summed E-state index contributed by atoms with van der Waals surface area (Å²) in [6.45, 7) is 0. The van der Waals surface area contributed by atoms with Gasteiger partial charge in [0, 0.05) is 4.90 Å². The van der Waals surface area contributed by atoms with Crippen LogP contribution in [-0.4, -0.2) is 11.1 Å². The van der Waals surface area contributed by atoms with Crippen molar-refractivity contribution in [3.05, 3.63) is 40.6 Å². The minimum Gasteiger partial charge on any atom is -0.477 e. The Bertz CT molecular complexity index is 500. The van der Waals surface area contributed by atoms with Gasteiger partial charge in [-0.25, -0.2) is 10.6 Å². The lowest BCUT2D eigenvalue weighted by molar-refractivity contribution is -0.137. The maximum absolute atomic E-state index is 12.3. The van der Waals surface area contributed by atoms with Crippen LogP contribution in [0.3, 0.4) is 0 Å². The maximum Gasteiger partial charge on any atom is 0.416 e. The summed E-state index contributed by atoms with van der Waals surface area (Å²) < 4.78 is 37.0. The summed E-state index contributed by atoms with van der Waals surface area (Å²) in [6.07, 6.45) is -4.42. The van der Waals surface area contributed by atoms with Crippen LogP contribution in [0, 0.1) is 0 Å². The van der Waals surface area contributed by atoms with Gasteiger partial charge in [-0.15, -0.1) is 0 Å². The molecule has 1 aromatic rings. The number of hydrogen-bond acceptors (Lipinski definition) is 5. The predicted octanol–water partition coefficient (Wildman–Crippen LogP) is 1.47. The number of carboxylic acid groups (broad SMARTS) is 1. The SMILES string of the molecule is NN/C(Sc1ccc(C(F)(F)F)cc1)=C(\N)C(=O)O. The number of carbonyl (C=O) groups is 1. The van der Waals surface area contributed by atoms with E-state index in [0.717, 1.165) is 23.9 Å². The first-order valence-electron chi connectivity index (χ1n) is 4.80. The standard InChI is InChI=1S/C10H10F3N3O2S/c11-10(12,13)5-1-3-6(4-2-5)19-8(16-15)7(14)9(17)18/h1-4,16H,14-15H2,(H,17,18)/b8-7+. The third-order valence-corrected chi connectivity index (χ3v) is 3.06. The Hall–Kier alpha value is -1.87. The number of nitrogens with one attached hydrogen (secondary N) is 1. The molecular formula is C10H10F3N3O2S. The molecule has 0 aromatic heterocycles. The third kappa shape index (κ3) is 4.07. The number of nitrogens with two attached hydrogens (primary N) is 2. The van der Waals surface area contributed by atoms with Crippen LogP contribution in [0.5, 0.6) is 0 Å². The molecule has 0 heterocycles. The number of hydrogen-bond donors (Lipinski definition) is 4. The van der Waals surface area contributed by atoms with Crippen LogP contribution >= 0.6 is 11.8 Å². The van der Waals surface area contributed by atoms with Crippen molar-refractivity contribution >= 4 is 17.7 Å². The minimum atomic E-state index is -4.42. The van der Waals surface area contributed by atoms with Crippen molar-refractivity contribution in [2.75, 3.05) is 0 Å². The van der Waals surface area contributed by atoms with E-state index >= 15 is 0 Å². The lowest BCUT2D eigenvalue weighted by Gasteiger charge is -2.10. The normalized spacial score (nSPS) is 12.8. The first-order chi connectivity index (χ1) is 8.75. The van der Waals surface area contributed by atoms with Crippen molar-refractivity contribution in [2.45, 2.75) is 11.1 Å². The predicted molar refractivity (Wildman–Crippen MR) is 63.5 cm³/mol. The summed E-state index contributed by atoms with van der Waals surface area (Å²) in [7, 11) is 0. The van der Waals surface area contributed by atoms with Crippen LogP contribution in [0.1, 0.15) is 5.56 Å². The van der Waals surface area contributed by atoms with Crippen molar-refractivity contribution in [3.63, 3.8) is 0 Å². The average Bonchev–Trinajstić information content (AvgIpc) is 2.34. The molecular weight excluding hydrogens is 283 g/mol. The first kappa shape index (κ1) is 15.2. The molecule has 19 heavy (non-hydrogen) atoms. The van der Waals surface area contributed by atoms with Crippen LogP contribution in [0.15, 0.2) is 39.9 Å². The van der Waals surface area contributed by atoms with E-state index in [1.807, 2.05) is 0 Å². The van der Waals surface area contributed by atoms with E-state index in [0.29, 0.717) is 4.90 Å². The number of aliphatic carboxylic acids is 1. The number of alkyl halides is 3. The van der Waals surface area contributed by atoms with E-state index in [1.54, 1.807) is 0 Å². The second kappa shape index (κ2) is 5.85. The van der Waals surface area contributed by atoms with E-state index in [4.69, 9.17) is 16.7 Å². The molecule has 0 unspecified atom stereocenters. The van der Waals surface area contributed by atoms with Crippen LogP contribution < -0.4 is 17.0 Å². The van der Waals surface area contributed by atoms with Gasteiger partial charge in [0.2, 0.25) is 0 Å². The smallest absolute Gasteiger partial charge is 0.416 e. The van der Waals surface area contributed by atoms with E-state index < -0.39 is 23.4 Å². The van der Waals surface area contributed by atoms with Crippen molar-refractivity contribution in [3.8, 4) is 0 Å². The second-order valence-electron chi connectivity index (χ2n) is 3.32. The summed E-state index contributed by atoms with van der Waals surface area (Å²) in [5.74, 6) is 3.72. The zero-order chi connectivity index (χ0) is 14.6. The van der Waals surface area contributed by atoms with Crippen LogP contribution in [0.2, 0.25) is 0 Å². The lowest BCUT2D eigenvalue weighted by Crippen LogP contribution is -2.26. The van der Waals surface area contributed by atoms with Crippen LogP contribution in [0.4, 0.5) is 13.2 Å². The molecule has 0 bridgehead atoms. The number of carboxylic acids is 1. The highest BCUT2D eigenvalue weighted by Gasteiger charge is 2.30. The number of halogens is 3. The molecule has 0 fully saturated rings. The van der Waals surface area contributed by atoms with Gasteiger partial charge >= 0.3 is 12.1 Å². The molecule has 0 aliphatic heterocycles. The van der Waals surface area contributed by atoms with E-state index in [9.17, 15) is 18.0 Å². The number of rotatable bonds is 4. The summed E-state index contributed by atoms with van der Waals surface area (Å²) in [5.41, 5.74) is 6.03. The second-order valence-corrected chi connectivity index (χ2v) is 4.40. The van der Waals surface area contributed by atoms with Crippen molar-refractivity contribution in [2.24, 2.45) is 11.6 Å². The molecule has 104 valence electrons. The molecule has 1 aromatic carbocycles. The Morgan fingerprint density at radius 1 is 1.26 bits per heavy atom. The Balaban J connectivity index is 2.95. The van der Waals surface area contributed by atoms with Gasteiger partial charge in [0.15, 0.2) is 0 Å². The van der Waals surface area contributed by atoms with Gasteiger partial charge in [-0.2, -0.15) is 13.2 Å². The van der Waals surface area contributed by atoms with Gasteiger partial charge in [0.05, 0.1) is 5.56 Å². The third-order valence-electron chi connectivity index (χ3n) is 2.01. The van der Waals surface area contributed by atoms with Gasteiger partial charge in [-0.05, 0) is 24.3 Å².